The number of nitrogens with zero attached hydrogens (tertiary/aromatic N) is 2. The van der Waals surface area contributed by atoms with Crippen molar-refractivity contribution in [3.63, 3.8) is 0 Å². The molecule has 0 aromatic heterocycles. The van der Waals surface area contributed by atoms with Gasteiger partial charge in [0.05, 0.1) is 23.3 Å². The SMILES string of the molecule is N#Cc1ccc(/C=C/c2ccc(C#CCCCCC#Cc3ccc(/C=C/c4ccc(C#N)cc4)cc3)cc2)cc1. The molecule has 2 heteroatoms. The third kappa shape index (κ3) is 9.09. The van der Waals surface area contributed by atoms with Crippen LogP contribution in [0, 0.1) is 46.3 Å². The van der Waals surface area contributed by atoms with E-state index < -0.39 is 0 Å². The van der Waals surface area contributed by atoms with E-state index >= 15 is 0 Å². The molecule has 0 bridgehead atoms. The minimum atomic E-state index is 0.668. The summed E-state index contributed by atoms with van der Waals surface area (Å²) < 4.78 is 0. The smallest absolute Gasteiger partial charge is 0.0991 e. The minimum absolute atomic E-state index is 0.668. The zero-order valence-corrected chi connectivity index (χ0v) is 22.3. The summed E-state index contributed by atoms with van der Waals surface area (Å²) in [5.74, 6) is 13.0. The molecule has 4 aromatic rings. The van der Waals surface area contributed by atoms with E-state index in [1.165, 1.54) is 0 Å². The Bertz CT molecular complexity index is 1530. The van der Waals surface area contributed by atoms with Crippen molar-refractivity contribution in [1.82, 2.24) is 0 Å². The fourth-order valence-corrected chi connectivity index (χ4v) is 3.83. The third-order valence-electron chi connectivity index (χ3n) is 6.16. The van der Waals surface area contributed by atoms with Crippen molar-refractivity contribution in [2.45, 2.75) is 25.7 Å². The molecule has 0 radical (unpaired) electrons. The third-order valence-corrected chi connectivity index (χ3v) is 6.16. The normalized spacial score (nSPS) is 10.2. The van der Waals surface area contributed by atoms with Crippen LogP contribution in [0.1, 0.15) is 70.2 Å². The average molecular weight is 513 g/mol. The molecule has 0 N–H and O–H groups in total. The highest BCUT2D eigenvalue weighted by atomic mass is 14.2. The fourth-order valence-electron chi connectivity index (χ4n) is 3.83. The predicted molar refractivity (Wildman–Crippen MR) is 165 cm³/mol. The van der Waals surface area contributed by atoms with E-state index in [2.05, 4.69) is 72.2 Å². The first-order chi connectivity index (χ1) is 19.7. The highest BCUT2D eigenvalue weighted by Gasteiger charge is 1.93. The van der Waals surface area contributed by atoms with Crippen LogP contribution in [-0.4, -0.2) is 0 Å². The van der Waals surface area contributed by atoms with E-state index in [1.807, 2.05) is 84.9 Å². The lowest BCUT2D eigenvalue weighted by atomic mass is 10.1. The Kier molecular flexibility index (Phi) is 10.3. The highest BCUT2D eigenvalue weighted by Crippen LogP contribution is 2.12. The molecule has 0 aliphatic heterocycles. The van der Waals surface area contributed by atoms with Gasteiger partial charge >= 0.3 is 0 Å². The zero-order valence-electron chi connectivity index (χ0n) is 22.3. The number of rotatable bonds is 7. The van der Waals surface area contributed by atoms with Gasteiger partial charge in [-0.3, -0.25) is 0 Å². The lowest BCUT2D eigenvalue weighted by Gasteiger charge is -1.96. The van der Waals surface area contributed by atoms with Crippen molar-refractivity contribution >= 4 is 24.3 Å². The Balaban J connectivity index is 1.15. The van der Waals surface area contributed by atoms with Gasteiger partial charge < -0.3 is 0 Å². The number of hydrogen-bond donors (Lipinski definition) is 0. The van der Waals surface area contributed by atoms with Gasteiger partial charge in [0.2, 0.25) is 0 Å². The van der Waals surface area contributed by atoms with Gasteiger partial charge in [0, 0.05) is 24.0 Å². The predicted octanol–water partition coefficient (Wildman–Crippen LogP) is 8.73. The van der Waals surface area contributed by atoms with E-state index in [4.69, 9.17) is 10.5 Å². The van der Waals surface area contributed by atoms with Gasteiger partial charge in [0.15, 0.2) is 0 Å². The van der Waals surface area contributed by atoms with Crippen molar-refractivity contribution in [3.05, 3.63) is 142 Å². The maximum atomic E-state index is 8.89. The fraction of sp³-hybridized carbons (Fsp3) is 0.105. The Morgan fingerprint density at radius 3 is 0.950 bits per heavy atom. The van der Waals surface area contributed by atoms with Crippen molar-refractivity contribution in [2.24, 2.45) is 0 Å². The second-order valence-electron chi connectivity index (χ2n) is 9.19. The van der Waals surface area contributed by atoms with Gasteiger partial charge in [-0.05, 0) is 83.6 Å². The molecule has 0 spiro atoms. The van der Waals surface area contributed by atoms with Crippen molar-refractivity contribution in [2.75, 3.05) is 0 Å². The van der Waals surface area contributed by atoms with E-state index in [9.17, 15) is 0 Å². The van der Waals surface area contributed by atoms with Crippen LogP contribution in [0.3, 0.4) is 0 Å². The number of benzene rings is 4. The summed E-state index contributed by atoms with van der Waals surface area (Å²) >= 11 is 0. The molecule has 0 fully saturated rings. The van der Waals surface area contributed by atoms with Crippen molar-refractivity contribution in [1.29, 1.82) is 10.5 Å². The Hall–Kier alpha value is -5.54. The lowest BCUT2D eigenvalue weighted by molar-refractivity contribution is 0.782. The summed E-state index contributed by atoms with van der Waals surface area (Å²) in [6.07, 6.45) is 12.0. The first-order valence-electron chi connectivity index (χ1n) is 13.3. The van der Waals surface area contributed by atoms with Gasteiger partial charge in [-0.2, -0.15) is 10.5 Å². The minimum Gasteiger partial charge on any atom is -0.192 e. The molecule has 0 saturated heterocycles. The molecule has 0 aliphatic carbocycles. The molecule has 0 unspecified atom stereocenters. The molecule has 0 amide bonds. The summed E-state index contributed by atoms with van der Waals surface area (Å²) in [6.45, 7) is 0. The Morgan fingerprint density at radius 1 is 0.400 bits per heavy atom. The van der Waals surface area contributed by atoms with Gasteiger partial charge in [0.1, 0.15) is 0 Å². The largest absolute Gasteiger partial charge is 0.192 e. The monoisotopic (exact) mass is 512 g/mol. The molecule has 2 nitrogen and oxygen atoms in total. The van der Waals surface area contributed by atoms with Crippen LogP contribution in [0.5, 0.6) is 0 Å². The van der Waals surface area contributed by atoms with Crippen molar-refractivity contribution < 1.29 is 0 Å². The number of hydrogen-bond acceptors (Lipinski definition) is 2. The first-order valence-corrected chi connectivity index (χ1v) is 13.3. The second kappa shape index (κ2) is 15.0. The molecular weight excluding hydrogens is 484 g/mol. The number of unbranched alkanes of at least 4 members (excludes halogenated alkanes) is 3. The van der Waals surface area contributed by atoms with Crippen LogP contribution >= 0.6 is 0 Å². The number of nitriles is 2. The second-order valence-corrected chi connectivity index (χ2v) is 9.19. The Morgan fingerprint density at radius 2 is 0.675 bits per heavy atom. The van der Waals surface area contributed by atoms with Gasteiger partial charge in [-0.15, -0.1) is 0 Å². The quantitative estimate of drug-likeness (QED) is 0.141. The average Bonchev–Trinajstić information content (AvgIpc) is 3.02. The molecule has 4 aromatic carbocycles. The standard InChI is InChI=1S/C38H28N2/c39-29-37-25-21-35(22-26-37)19-17-33-13-9-31(10-14-33)7-5-3-1-2-4-6-8-32-11-15-34(16-12-32)18-20-36-23-27-38(30-40)28-24-36/h9-28H,1-4H2/b19-17+,20-18+. The van der Waals surface area contributed by atoms with E-state index in [0.717, 1.165) is 59.1 Å². The molecule has 0 aliphatic rings. The van der Waals surface area contributed by atoms with Crippen LogP contribution in [0.15, 0.2) is 97.1 Å². The topological polar surface area (TPSA) is 47.6 Å². The Labute approximate surface area is 237 Å². The summed E-state index contributed by atoms with van der Waals surface area (Å²) in [6, 6.07) is 35.8. The van der Waals surface area contributed by atoms with Crippen LogP contribution in [-0.2, 0) is 0 Å². The van der Waals surface area contributed by atoms with Gasteiger partial charge in [-0.1, -0.05) is 96.5 Å². The maximum Gasteiger partial charge on any atom is 0.0991 e. The molecular formula is C38H28N2. The highest BCUT2D eigenvalue weighted by molar-refractivity contribution is 5.71. The zero-order chi connectivity index (χ0) is 27.8. The molecule has 40 heavy (non-hydrogen) atoms. The lowest BCUT2D eigenvalue weighted by Crippen LogP contribution is -1.79. The summed E-state index contributed by atoms with van der Waals surface area (Å²) in [4.78, 5) is 0. The summed E-state index contributed by atoms with van der Waals surface area (Å²) in [5, 5.41) is 17.8. The molecule has 0 atom stereocenters. The summed E-state index contributed by atoms with van der Waals surface area (Å²) in [7, 11) is 0. The molecule has 0 heterocycles. The van der Waals surface area contributed by atoms with Crippen LogP contribution < -0.4 is 0 Å². The van der Waals surface area contributed by atoms with E-state index in [-0.39, 0.29) is 0 Å². The maximum absolute atomic E-state index is 8.89. The molecule has 190 valence electrons. The van der Waals surface area contributed by atoms with Crippen LogP contribution in [0.2, 0.25) is 0 Å². The van der Waals surface area contributed by atoms with Crippen molar-refractivity contribution in [3.8, 4) is 35.8 Å². The molecule has 4 rings (SSSR count). The van der Waals surface area contributed by atoms with Gasteiger partial charge in [0.25, 0.3) is 0 Å². The van der Waals surface area contributed by atoms with Gasteiger partial charge in [-0.25, -0.2) is 0 Å². The van der Waals surface area contributed by atoms with Crippen LogP contribution in [0.25, 0.3) is 24.3 Å². The van der Waals surface area contributed by atoms with E-state index in [0.29, 0.717) is 11.1 Å². The summed E-state index contributed by atoms with van der Waals surface area (Å²) in [5.41, 5.74) is 7.73. The van der Waals surface area contributed by atoms with E-state index in [1.54, 1.807) is 0 Å². The van der Waals surface area contributed by atoms with Crippen LogP contribution in [0.4, 0.5) is 0 Å². The first kappa shape index (κ1) is 27.5. The molecule has 0 saturated carbocycles.